The predicted octanol–water partition coefficient (Wildman–Crippen LogP) is -0.677. The van der Waals surface area contributed by atoms with Gasteiger partial charge in [0.05, 0.1) is 12.2 Å². The minimum atomic E-state index is -0.709. The number of nitrogens with zero attached hydrogens (tertiary/aromatic N) is 2. The van der Waals surface area contributed by atoms with Crippen molar-refractivity contribution in [1.29, 1.82) is 0 Å². The molecule has 17 heavy (non-hydrogen) atoms. The second-order valence-electron chi connectivity index (χ2n) is 4.07. The van der Waals surface area contributed by atoms with Crippen LogP contribution in [0.2, 0.25) is 0 Å². The molecule has 1 aliphatic rings. The van der Waals surface area contributed by atoms with Crippen LogP contribution in [-0.4, -0.2) is 46.6 Å². The molecule has 6 heteroatoms. The number of rotatable bonds is 2. The van der Waals surface area contributed by atoms with Gasteiger partial charge in [0.25, 0.3) is 0 Å². The van der Waals surface area contributed by atoms with Gasteiger partial charge in [-0.3, -0.25) is 0 Å². The Balaban J connectivity index is 2.14. The number of amidine groups is 1. The molecule has 2 unspecified atom stereocenters. The van der Waals surface area contributed by atoms with Crippen LogP contribution >= 0.6 is 0 Å². The molecule has 0 spiro atoms. The molecule has 0 aromatic heterocycles. The highest BCUT2D eigenvalue weighted by atomic mass is 16.4. The van der Waals surface area contributed by atoms with Crippen molar-refractivity contribution in [1.82, 2.24) is 0 Å². The van der Waals surface area contributed by atoms with Crippen LogP contribution in [0.15, 0.2) is 29.4 Å². The molecule has 1 aliphatic heterocycles. The van der Waals surface area contributed by atoms with E-state index in [9.17, 15) is 10.2 Å². The first-order chi connectivity index (χ1) is 8.11. The fourth-order valence-corrected chi connectivity index (χ4v) is 1.88. The number of anilines is 1. The number of benzene rings is 1. The Bertz CT molecular complexity index is 408. The van der Waals surface area contributed by atoms with Crippen molar-refractivity contribution in [3.05, 3.63) is 29.8 Å². The van der Waals surface area contributed by atoms with Gasteiger partial charge in [0.2, 0.25) is 0 Å². The zero-order valence-corrected chi connectivity index (χ0v) is 9.19. The largest absolute Gasteiger partial charge is 0.409 e. The van der Waals surface area contributed by atoms with E-state index >= 15 is 0 Å². The summed E-state index contributed by atoms with van der Waals surface area (Å²) in [6.07, 6.45) is -1.42. The lowest BCUT2D eigenvalue weighted by Gasteiger charge is -2.17. The molecule has 0 saturated carbocycles. The van der Waals surface area contributed by atoms with Crippen molar-refractivity contribution in [3.63, 3.8) is 0 Å². The number of aliphatic hydroxyl groups excluding tert-OH is 2. The molecule has 0 bridgehead atoms. The topological polar surface area (TPSA) is 102 Å². The third-order valence-electron chi connectivity index (χ3n) is 2.89. The first kappa shape index (κ1) is 11.7. The maximum atomic E-state index is 9.45. The molecule has 0 aliphatic carbocycles. The molecule has 1 heterocycles. The van der Waals surface area contributed by atoms with E-state index < -0.39 is 12.2 Å². The molecule has 2 atom stereocenters. The van der Waals surface area contributed by atoms with Crippen LogP contribution in [0, 0.1) is 0 Å². The van der Waals surface area contributed by atoms with Gasteiger partial charge in [-0.15, -0.1) is 0 Å². The lowest BCUT2D eigenvalue weighted by atomic mass is 10.2. The highest BCUT2D eigenvalue weighted by Gasteiger charge is 2.29. The second-order valence-corrected chi connectivity index (χ2v) is 4.07. The molecule has 0 radical (unpaired) electrons. The third kappa shape index (κ3) is 2.32. The minimum Gasteiger partial charge on any atom is -0.409 e. The fraction of sp³-hybridized carbons (Fsp3) is 0.364. The van der Waals surface area contributed by atoms with E-state index in [-0.39, 0.29) is 5.84 Å². The van der Waals surface area contributed by atoms with Gasteiger partial charge in [0.1, 0.15) is 0 Å². The zero-order valence-electron chi connectivity index (χ0n) is 9.19. The first-order valence-corrected chi connectivity index (χ1v) is 5.31. The Kier molecular flexibility index (Phi) is 3.16. The van der Waals surface area contributed by atoms with E-state index in [0.29, 0.717) is 18.7 Å². The van der Waals surface area contributed by atoms with Crippen molar-refractivity contribution < 1.29 is 15.4 Å². The van der Waals surface area contributed by atoms with Gasteiger partial charge in [-0.2, -0.15) is 0 Å². The normalized spacial score (nSPS) is 25.3. The van der Waals surface area contributed by atoms with Crippen molar-refractivity contribution in [3.8, 4) is 0 Å². The van der Waals surface area contributed by atoms with Crippen LogP contribution in [0.4, 0.5) is 5.69 Å². The number of aliphatic hydroxyl groups is 2. The average Bonchev–Trinajstić information content (AvgIpc) is 2.69. The quantitative estimate of drug-likeness (QED) is 0.236. The van der Waals surface area contributed by atoms with Crippen LogP contribution in [0.5, 0.6) is 0 Å². The van der Waals surface area contributed by atoms with Crippen molar-refractivity contribution in [2.45, 2.75) is 12.2 Å². The standard InChI is InChI=1S/C11H15N3O3/c12-11(13-17)7-1-3-8(4-2-7)14-5-9(15)10(16)6-14/h1-4,9-10,15-17H,5-6H2,(H2,12,13). The van der Waals surface area contributed by atoms with Gasteiger partial charge in [-0.05, 0) is 24.3 Å². The Morgan fingerprint density at radius 1 is 1.18 bits per heavy atom. The lowest BCUT2D eigenvalue weighted by molar-refractivity contribution is 0.0572. The Hall–Kier alpha value is -1.79. The smallest absolute Gasteiger partial charge is 0.170 e. The summed E-state index contributed by atoms with van der Waals surface area (Å²) in [4.78, 5) is 1.88. The number of β-amino-alcohol motifs (C(OH)–C–C–N with tert-alkyl or cyclic N) is 2. The molecule has 92 valence electrons. The van der Waals surface area contributed by atoms with E-state index in [2.05, 4.69) is 5.16 Å². The van der Waals surface area contributed by atoms with Crippen molar-refractivity contribution >= 4 is 11.5 Å². The van der Waals surface area contributed by atoms with Crippen LogP contribution in [0.1, 0.15) is 5.56 Å². The van der Waals surface area contributed by atoms with Gasteiger partial charge in [0, 0.05) is 24.3 Å². The summed E-state index contributed by atoms with van der Waals surface area (Å²) in [5, 5.41) is 30.3. The Morgan fingerprint density at radius 2 is 1.71 bits per heavy atom. The molecule has 2 rings (SSSR count). The van der Waals surface area contributed by atoms with E-state index in [1.165, 1.54) is 0 Å². The molecule has 5 N–H and O–H groups in total. The highest BCUT2D eigenvalue weighted by Crippen LogP contribution is 2.21. The summed E-state index contributed by atoms with van der Waals surface area (Å²) in [6.45, 7) is 0.814. The van der Waals surface area contributed by atoms with E-state index in [1.54, 1.807) is 24.3 Å². The molecule has 0 amide bonds. The van der Waals surface area contributed by atoms with E-state index in [4.69, 9.17) is 10.9 Å². The SMILES string of the molecule is N/C(=N/O)c1ccc(N2CC(O)C(O)C2)cc1. The Morgan fingerprint density at radius 3 is 2.18 bits per heavy atom. The molecule has 1 saturated heterocycles. The number of hydrogen-bond acceptors (Lipinski definition) is 5. The van der Waals surface area contributed by atoms with Gasteiger partial charge < -0.3 is 26.1 Å². The van der Waals surface area contributed by atoms with E-state index in [0.717, 1.165) is 5.69 Å². The summed E-state index contributed by atoms with van der Waals surface area (Å²) in [5.74, 6) is 0.0537. The minimum absolute atomic E-state index is 0.0537. The van der Waals surface area contributed by atoms with Crippen LogP contribution in [0.25, 0.3) is 0 Å². The Labute approximate surface area is 98.6 Å². The molecular formula is C11H15N3O3. The predicted molar refractivity (Wildman–Crippen MR) is 63.2 cm³/mol. The summed E-state index contributed by atoms with van der Waals surface area (Å²) < 4.78 is 0. The first-order valence-electron chi connectivity index (χ1n) is 5.31. The molecule has 1 aromatic carbocycles. The van der Waals surface area contributed by atoms with Crippen LogP contribution in [-0.2, 0) is 0 Å². The third-order valence-corrected chi connectivity index (χ3v) is 2.89. The highest BCUT2D eigenvalue weighted by molar-refractivity contribution is 5.97. The van der Waals surface area contributed by atoms with Crippen LogP contribution in [0.3, 0.4) is 0 Å². The monoisotopic (exact) mass is 237 g/mol. The maximum absolute atomic E-state index is 9.45. The molecule has 1 fully saturated rings. The summed E-state index contributed by atoms with van der Waals surface area (Å²) in [6, 6.07) is 7.05. The van der Waals surface area contributed by atoms with Gasteiger partial charge >= 0.3 is 0 Å². The fourth-order valence-electron chi connectivity index (χ4n) is 1.88. The number of nitrogens with two attached hydrogens (primary N) is 1. The van der Waals surface area contributed by atoms with Crippen molar-refractivity contribution in [2.24, 2.45) is 10.9 Å². The summed E-state index contributed by atoms with van der Waals surface area (Å²) in [5.41, 5.74) is 6.95. The molecule has 1 aromatic rings. The summed E-state index contributed by atoms with van der Waals surface area (Å²) in [7, 11) is 0. The summed E-state index contributed by atoms with van der Waals surface area (Å²) >= 11 is 0. The zero-order chi connectivity index (χ0) is 12.4. The number of oxime groups is 1. The second kappa shape index (κ2) is 4.60. The van der Waals surface area contributed by atoms with Crippen LogP contribution < -0.4 is 10.6 Å². The molecular weight excluding hydrogens is 222 g/mol. The van der Waals surface area contributed by atoms with E-state index in [1.807, 2.05) is 4.90 Å². The maximum Gasteiger partial charge on any atom is 0.170 e. The van der Waals surface area contributed by atoms with Gasteiger partial charge in [-0.25, -0.2) is 0 Å². The molecule has 6 nitrogen and oxygen atoms in total. The van der Waals surface area contributed by atoms with Crippen molar-refractivity contribution in [2.75, 3.05) is 18.0 Å². The van der Waals surface area contributed by atoms with Gasteiger partial charge in [0.15, 0.2) is 5.84 Å². The number of hydrogen-bond donors (Lipinski definition) is 4. The lowest BCUT2D eigenvalue weighted by Crippen LogP contribution is -2.22. The average molecular weight is 237 g/mol. The van der Waals surface area contributed by atoms with Gasteiger partial charge in [-0.1, -0.05) is 5.16 Å².